The Morgan fingerprint density at radius 1 is 1.21 bits per heavy atom. The van der Waals surface area contributed by atoms with E-state index in [1.165, 1.54) is 43.5 Å². The predicted octanol–water partition coefficient (Wildman–Crippen LogP) is 3.93. The van der Waals surface area contributed by atoms with E-state index in [1.807, 2.05) is 23.6 Å². The van der Waals surface area contributed by atoms with Crippen molar-refractivity contribution in [1.82, 2.24) is 9.88 Å². The second-order valence-electron chi connectivity index (χ2n) is 6.59. The standard InChI is InChI=1S/C19H25N3OS/c1-14-6-7-16(10-15(14)2)20-18(23)11-17-13-24-19(21-17)12-22-8-4-3-5-9-22/h6-7,10,13H,3-5,8-9,11-12H2,1-2H3,(H,20,23). The van der Waals surface area contributed by atoms with Crippen LogP contribution in [0.25, 0.3) is 0 Å². The van der Waals surface area contributed by atoms with E-state index >= 15 is 0 Å². The molecule has 1 aromatic heterocycles. The second kappa shape index (κ2) is 7.90. The van der Waals surface area contributed by atoms with Gasteiger partial charge in [-0.3, -0.25) is 9.69 Å². The lowest BCUT2D eigenvalue weighted by molar-refractivity contribution is -0.115. The molecule has 0 saturated carbocycles. The number of amides is 1. The third kappa shape index (κ3) is 4.65. The van der Waals surface area contributed by atoms with Crippen LogP contribution in [0.2, 0.25) is 0 Å². The van der Waals surface area contributed by atoms with E-state index in [4.69, 9.17) is 0 Å². The van der Waals surface area contributed by atoms with Crippen LogP contribution in [0.5, 0.6) is 0 Å². The molecule has 0 bridgehead atoms. The van der Waals surface area contributed by atoms with Gasteiger partial charge in [-0.1, -0.05) is 12.5 Å². The molecule has 0 radical (unpaired) electrons. The number of nitrogens with zero attached hydrogens (tertiary/aromatic N) is 2. The van der Waals surface area contributed by atoms with E-state index in [-0.39, 0.29) is 5.91 Å². The van der Waals surface area contributed by atoms with E-state index < -0.39 is 0 Å². The molecule has 3 rings (SSSR count). The zero-order chi connectivity index (χ0) is 16.9. The van der Waals surface area contributed by atoms with Crippen LogP contribution in [0, 0.1) is 13.8 Å². The molecule has 0 atom stereocenters. The molecule has 1 amide bonds. The van der Waals surface area contributed by atoms with Crippen molar-refractivity contribution in [2.45, 2.75) is 46.1 Å². The third-order valence-corrected chi connectivity index (χ3v) is 5.42. The SMILES string of the molecule is Cc1ccc(NC(=O)Cc2csc(CN3CCCCC3)n2)cc1C. The maximum Gasteiger partial charge on any atom is 0.230 e. The number of likely N-dealkylation sites (tertiary alicyclic amines) is 1. The first-order valence-electron chi connectivity index (χ1n) is 8.63. The highest BCUT2D eigenvalue weighted by Gasteiger charge is 2.13. The number of carbonyl (C=O) groups is 1. The van der Waals surface area contributed by atoms with Crippen molar-refractivity contribution in [3.63, 3.8) is 0 Å². The normalized spacial score (nSPS) is 15.4. The zero-order valence-corrected chi connectivity index (χ0v) is 15.3. The van der Waals surface area contributed by atoms with E-state index in [2.05, 4.69) is 29.0 Å². The van der Waals surface area contributed by atoms with Crippen molar-refractivity contribution < 1.29 is 4.79 Å². The minimum atomic E-state index is -0.00641. The molecule has 2 aromatic rings. The number of hydrogen-bond donors (Lipinski definition) is 1. The first-order chi connectivity index (χ1) is 11.6. The highest BCUT2D eigenvalue weighted by Crippen LogP contribution is 2.18. The van der Waals surface area contributed by atoms with Gasteiger partial charge in [0.2, 0.25) is 5.91 Å². The van der Waals surface area contributed by atoms with Crippen LogP contribution in [0.4, 0.5) is 5.69 Å². The van der Waals surface area contributed by atoms with Gasteiger partial charge in [-0.25, -0.2) is 4.98 Å². The van der Waals surface area contributed by atoms with Crippen molar-refractivity contribution >= 4 is 22.9 Å². The number of nitrogens with one attached hydrogen (secondary N) is 1. The summed E-state index contributed by atoms with van der Waals surface area (Å²) in [7, 11) is 0. The van der Waals surface area contributed by atoms with E-state index in [0.29, 0.717) is 6.42 Å². The minimum absolute atomic E-state index is 0.00641. The molecule has 1 aliphatic heterocycles. The summed E-state index contributed by atoms with van der Waals surface area (Å²) in [5.41, 5.74) is 4.14. The quantitative estimate of drug-likeness (QED) is 0.895. The van der Waals surface area contributed by atoms with Gasteiger partial charge in [0.15, 0.2) is 0 Å². The molecule has 4 nitrogen and oxygen atoms in total. The third-order valence-electron chi connectivity index (χ3n) is 4.54. The molecular weight excluding hydrogens is 318 g/mol. The number of aryl methyl sites for hydroxylation is 2. The Morgan fingerprint density at radius 3 is 2.75 bits per heavy atom. The van der Waals surface area contributed by atoms with Gasteiger partial charge in [0, 0.05) is 11.1 Å². The fraction of sp³-hybridized carbons (Fsp3) is 0.474. The fourth-order valence-electron chi connectivity index (χ4n) is 3.00. The van der Waals surface area contributed by atoms with Gasteiger partial charge in [0.25, 0.3) is 0 Å². The number of thiazole rings is 1. The van der Waals surface area contributed by atoms with Crippen LogP contribution in [0.1, 0.15) is 41.1 Å². The number of carbonyl (C=O) groups excluding carboxylic acids is 1. The maximum absolute atomic E-state index is 12.2. The second-order valence-corrected chi connectivity index (χ2v) is 7.54. The van der Waals surface area contributed by atoms with Crippen molar-refractivity contribution in [2.24, 2.45) is 0 Å². The van der Waals surface area contributed by atoms with Crippen LogP contribution in [-0.2, 0) is 17.8 Å². The molecule has 1 aliphatic rings. The van der Waals surface area contributed by atoms with Crippen molar-refractivity contribution in [2.75, 3.05) is 18.4 Å². The Kier molecular flexibility index (Phi) is 5.63. The lowest BCUT2D eigenvalue weighted by Gasteiger charge is -2.25. The summed E-state index contributed by atoms with van der Waals surface area (Å²) < 4.78 is 0. The lowest BCUT2D eigenvalue weighted by atomic mass is 10.1. The van der Waals surface area contributed by atoms with E-state index in [0.717, 1.165) is 22.9 Å². The number of rotatable bonds is 5. The van der Waals surface area contributed by atoms with Crippen LogP contribution in [0.3, 0.4) is 0 Å². The first-order valence-corrected chi connectivity index (χ1v) is 9.51. The summed E-state index contributed by atoms with van der Waals surface area (Å²) in [6.07, 6.45) is 4.26. The molecule has 1 fully saturated rings. The Bertz CT molecular complexity index is 704. The van der Waals surface area contributed by atoms with Crippen LogP contribution < -0.4 is 5.32 Å². The molecule has 2 heterocycles. The number of aromatic nitrogens is 1. The maximum atomic E-state index is 12.2. The van der Waals surface area contributed by atoms with Crippen molar-refractivity contribution in [3.05, 3.63) is 45.4 Å². The summed E-state index contributed by atoms with van der Waals surface area (Å²) in [5, 5.41) is 6.09. The molecule has 24 heavy (non-hydrogen) atoms. The van der Waals surface area contributed by atoms with Gasteiger partial charge in [0.05, 0.1) is 18.7 Å². The number of hydrogen-bond acceptors (Lipinski definition) is 4. The van der Waals surface area contributed by atoms with Crippen LogP contribution >= 0.6 is 11.3 Å². The smallest absolute Gasteiger partial charge is 0.230 e. The van der Waals surface area contributed by atoms with Crippen LogP contribution in [-0.4, -0.2) is 28.9 Å². The number of benzene rings is 1. The Hall–Kier alpha value is -1.72. The van der Waals surface area contributed by atoms with Gasteiger partial charge in [-0.05, 0) is 63.0 Å². The predicted molar refractivity (Wildman–Crippen MR) is 99.5 cm³/mol. The van der Waals surface area contributed by atoms with Gasteiger partial charge < -0.3 is 5.32 Å². The van der Waals surface area contributed by atoms with E-state index in [1.54, 1.807) is 11.3 Å². The Labute approximate surface area is 147 Å². The zero-order valence-electron chi connectivity index (χ0n) is 14.5. The summed E-state index contributed by atoms with van der Waals surface area (Å²) in [5.74, 6) is -0.00641. The van der Waals surface area contributed by atoms with Gasteiger partial charge in [-0.2, -0.15) is 0 Å². The van der Waals surface area contributed by atoms with Gasteiger partial charge in [0.1, 0.15) is 5.01 Å². The average Bonchev–Trinajstić information content (AvgIpc) is 2.99. The molecule has 5 heteroatoms. The van der Waals surface area contributed by atoms with Gasteiger partial charge in [-0.15, -0.1) is 11.3 Å². The minimum Gasteiger partial charge on any atom is -0.326 e. The topological polar surface area (TPSA) is 45.2 Å². The Morgan fingerprint density at radius 2 is 2.00 bits per heavy atom. The molecule has 0 unspecified atom stereocenters. The monoisotopic (exact) mass is 343 g/mol. The number of piperidine rings is 1. The van der Waals surface area contributed by atoms with Crippen molar-refractivity contribution in [1.29, 1.82) is 0 Å². The lowest BCUT2D eigenvalue weighted by Crippen LogP contribution is -2.29. The largest absolute Gasteiger partial charge is 0.326 e. The van der Waals surface area contributed by atoms with Gasteiger partial charge >= 0.3 is 0 Å². The number of anilines is 1. The van der Waals surface area contributed by atoms with Crippen LogP contribution in [0.15, 0.2) is 23.6 Å². The molecule has 1 aromatic carbocycles. The first kappa shape index (κ1) is 17.1. The highest BCUT2D eigenvalue weighted by atomic mass is 32.1. The Balaban J connectivity index is 1.53. The fourth-order valence-corrected chi connectivity index (χ4v) is 3.84. The molecule has 128 valence electrons. The highest BCUT2D eigenvalue weighted by molar-refractivity contribution is 7.09. The molecule has 1 N–H and O–H groups in total. The molecule has 1 saturated heterocycles. The molecule has 0 aliphatic carbocycles. The summed E-state index contributed by atoms with van der Waals surface area (Å²) in [6.45, 7) is 7.38. The summed E-state index contributed by atoms with van der Waals surface area (Å²) >= 11 is 1.66. The molecular formula is C19H25N3OS. The molecule has 0 spiro atoms. The average molecular weight is 343 g/mol. The van der Waals surface area contributed by atoms with Crippen molar-refractivity contribution in [3.8, 4) is 0 Å². The summed E-state index contributed by atoms with van der Waals surface area (Å²) in [4.78, 5) is 19.3. The summed E-state index contributed by atoms with van der Waals surface area (Å²) in [6, 6.07) is 5.99. The van der Waals surface area contributed by atoms with E-state index in [9.17, 15) is 4.79 Å².